The van der Waals surface area contributed by atoms with E-state index in [1.54, 1.807) is 18.2 Å². The summed E-state index contributed by atoms with van der Waals surface area (Å²) in [4.78, 5) is 25.7. The second kappa shape index (κ2) is 9.55. The summed E-state index contributed by atoms with van der Waals surface area (Å²) in [5.74, 6) is -1.07. The first-order valence-electron chi connectivity index (χ1n) is 10.9. The van der Waals surface area contributed by atoms with E-state index in [4.69, 9.17) is 15.2 Å². The number of hydrogen-bond acceptors (Lipinski definition) is 6. The molecule has 3 N–H and O–H groups in total. The van der Waals surface area contributed by atoms with E-state index < -0.39 is 17.6 Å². The van der Waals surface area contributed by atoms with Crippen LogP contribution >= 0.6 is 15.9 Å². The summed E-state index contributed by atoms with van der Waals surface area (Å²) in [6, 6.07) is 12.6. The van der Waals surface area contributed by atoms with Crippen LogP contribution in [0.1, 0.15) is 38.2 Å². The van der Waals surface area contributed by atoms with Crippen LogP contribution in [0, 0.1) is 22.6 Å². The van der Waals surface area contributed by atoms with Gasteiger partial charge in [-0.3, -0.25) is 9.59 Å². The molecule has 2 aromatic carbocycles. The van der Waals surface area contributed by atoms with E-state index in [1.165, 1.54) is 24.3 Å². The van der Waals surface area contributed by atoms with Crippen LogP contribution in [-0.4, -0.2) is 18.3 Å². The molecule has 4 rings (SSSR count). The zero-order valence-corrected chi connectivity index (χ0v) is 20.7. The highest BCUT2D eigenvalue weighted by Gasteiger charge is 2.43. The molecule has 0 spiro atoms. The van der Waals surface area contributed by atoms with Crippen molar-refractivity contribution in [3.05, 3.63) is 81.1 Å². The van der Waals surface area contributed by atoms with E-state index in [9.17, 15) is 19.2 Å². The Kier molecular flexibility index (Phi) is 6.68. The number of nitriles is 1. The third kappa shape index (κ3) is 5.23. The molecule has 0 saturated heterocycles. The maximum absolute atomic E-state index is 13.2. The molecule has 1 heterocycles. The molecule has 0 bridgehead atoms. The van der Waals surface area contributed by atoms with Crippen molar-refractivity contribution in [2.75, 3.05) is 11.9 Å². The van der Waals surface area contributed by atoms with Crippen molar-refractivity contribution in [2.24, 2.45) is 11.1 Å². The fraction of sp³-hybridized carbons (Fsp3) is 0.269. The Morgan fingerprint density at radius 2 is 2.00 bits per heavy atom. The molecule has 0 fully saturated rings. The summed E-state index contributed by atoms with van der Waals surface area (Å²) in [5, 5.41) is 12.5. The quantitative estimate of drug-likeness (QED) is 0.548. The summed E-state index contributed by atoms with van der Waals surface area (Å²) >= 11 is 3.44. The predicted molar refractivity (Wildman–Crippen MR) is 130 cm³/mol. The molecule has 1 unspecified atom stereocenters. The first-order valence-corrected chi connectivity index (χ1v) is 11.7. The molecule has 1 amide bonds. The number of ether oxygens (including phenoxy) is 2. The van der Waals surface area contributed by atoms with Gasteiger partial charge in [0.15, 0.2) is 12.4 Å². The summed E-state index contributed by atoms with van der Waals surface area (Å²) < 4.78 is 25.4. The molecule has 0 saturated carbocycles. The van der Waals surface area contributed by atoms with E-state index in [1.807, 2.05) is 13.8 Å². The van der Waals surface area contributed by atoms with E-state index in [0.29, 0.717) is 45.6 Å². The monoisotopic (exact) mass is 539 g/mol. The van der Waals surface area contributed by atoms with Gasteiger partial charge in [0, 0.05) is 34.1 Å². The van der Waals surface area contributed by atoms with E-state index in [-0.39, 0.29) is 29.3 Å². The van der Waals surface area contributed by atoms with Gasteiger partial charge >= 0.3 is 0 Å². The largest absolute Gasteiger partial charge is 0.483 e. The number of nitrogens with zero attached hydrogens (tertiary/aromatic N) is 1. The Labute approximate surface area is 210 Å². The number of halogens is 2. The number of anilines is 1. The van der Waals surface area contributed by atoms with Crippen molar-refractivity contribution in [2.45, 2.75) is 32.6 Å². The van der Waals surface area contributed by atoms with Crippen molar-refractivity contribution < 1.29 is 23.5 Å². The van der Waals surface area contributed by atoms with E-state index >= 15 is 0 Å². The molecule has 1 atom stereocenters. The average Bonchev–Trinajstić information content (AvgIpc) is 2.78. The lowest BCUT2D eigenvalue weighted by atomic mass is 9.70. The van der Waals surface area contributed by atoms with Crippen LogP contribution in [0.25, 0.3) is 0 Å². The third-order valence-electron chi connectivity index (χ3n) is 5.85. The van der Waals surface area contributed by atoms with Crippen LogP contribution in [0.4, 0.5) is 10.1 Å². The molecule has 2 aliphatic rings. The number of carbonyl (C=O) groups is 2. The van der Waals surface area contributed by atoms with Crippen LogP contribution in [0.15, 0.2) is 69.7 Å². The number of nitrogens with two attached hydrogens (primary N) is 1. The van der Waals surface area contributed by atoms with Crippen molar-refractivity contribution >= 4 is 33.3 Å². The number of hydrogen-bond donors (Lipinski definition) is 2. The molecule has 1 aliphatic carbocycles. The summed E-state index contributed by atoms with van der Waals surface area (Å²) in [5.41, 5.74) is 7.23. The minimum absolute atomic E-state index is 0.0540. The number of ketones is 1. The lowest BCUT2D eigenvalue weighted by molar-refractivity contribution is -0.119. The van der Waals surface area contributed by atoms with E-state index in [0.717, 1.165) is 0 Å². The fourth-order valence-corrected chi connectivity index (χ4v) is 4.72. The second-order valence-electron chi connectivity index (χ2n) is 9.23. The van der Waals surface area contributed by atoms with Crippen molar-refractivity contribution in [1.82, 2.24) is 0 Å². The summed E-state index contributed by atoms with van der Waals surface area (Å²) in [7, 11) is 0. The van der Waals surface area contributed by atoms with Gasteiger partial charge < -0.3 is 20.5 Å². The molecule has 9 heteroatoms. The Bertz CT molecular complexity index is 1310. The average molecular weight is 540 g/mol. The van der Waals surface area contributed by atoms with Gasteiger partial charge in [0.2, 0.25) is 5.88 Å². The fourth-order valence-electron chi connectivity index (χ4n) is 4.35. The molecule has 7 nitrogen and oxygen atoms in total. The second-order valence-corrected chi connectivity index (χ2v) is 10.1. The highest BCUT2D eigenvalue weighted by atomic mass is 79.9. The van der Waals surface area contributed by atoms with Crippen LogP contribution in [-0.2, 0) is 14.3 Å². The van der Waals surface area contributed by atoms with Gasteiger partial charge in [-0.1, -0.05) is 29.8 Å². The van der Waals surface area contributed by atoms with Crippen LogP contribution in [0.5, 0.6) is 5.75 Å². The number of rotatable bonds is 5. The van der Waals surface area contributed by atoms with Gasteiger partial charge in [-0.25, -0.2) is 4.39 Å². The zero-order chi connectivity index (χ0) is 25.3. The molecule has 0 radical (unpaired) electrons. The lowest BCUT2D eigenvalue weighted by Gasteiger charge is -2.37. The van der Waals surface area contributed by atoms with E-state index in [2.05, 4.69) is 27.3 Å². The topological polar surface area (TPSA) is 114 Å². The van der Waals surface area contributed by atoms with Gasteiger partial charge in [-0.15, -0.1) is 0 Å². The van der Waals surface area contributed by atoms with Crippen molar-refractivity contribution in [1.29, 1.82) is 5.26 Å². The molecule has 180 valence electrons. The van der Waals surface area contributed by atoms with Gasteiger partial charge in [0.25, 0.3) is 5.91 Å². The summed E-state index contributed by atoms with van der Waals surface area (Å²) in [6.45, 7) is 3.60. The number of nitrogens with one attached hydrogen (secondary N) is 1. The predicted octanol–water partition coefficient (Wildman–Crippen LogP) is 5.06. The third-order valence-corrected chi connectivity index (χ3v) is 6.34. The van der Waals surface area contributed by atoms with Crippen molar-refractivity contribution in [3.63, 3.8) is 0 Å². The normalized spacial score (nSPS) is 18.9. The molecule has 1 aliphatic heterocycles. The summed E-state index contributed by atoms with van der Waals surface area (Å²) in [6.07, 6.45) is 0.794. The molecule has 35 heavy (non-hydrogen) atoms. The smallest absolute Gasteiger partial charge is 0.262 e. The Morgan fingerprint density at radius 3 is 2.69 bits per heavy atom. The number of allylic oxidation sites excluding steroid dienone is 3. The Hall–Kier alpha value is -3.64. The lowest BCUT2D eigenvalue weighted by Crippen LogP contribution is -2.33. The van der Waals surface area contributed by atoms with Crippen molar-refractivity contribution in [3.8, 4) is 11.8 Å². The number of amides is 1. The SMILES string of the molecule is CC1(C)CC(=O)C2=C(C1)OC(N)=C(C#N)C2c1cc(Br)ccc1OCC(=O)Nc1ccc(F)cc1. The van der Waals surface area contributed by atoms with Crippen LogP contribution in [0.3, 0.4) is 0 Å². The molecular weight excluding hydrogens is 517 g/mol. The molecule has 2 aromatic rings. The maximum Gasteiger partial charge on any atom is 0.262 e. The number of Topliss-reactive ketones (excluding diaryl/α,β-unsaturated/α-hetero) is 1. The van der Waals surface area contributed by atoms with Gasteiger partial charge in [-0.05, 0) is 47.9 Å². The zero-order valence-electron chi connectivity index (χ0n) is 19.2. The standard InChI is InChI=1S/C26H23BrFN3O4/c1-26(2)10-19(32)24-21(11-26)35-25(30)18(12-29)23(24)17-9-14(27)3-8-20(17)34-13-22(33)31-16-6-4-15(28)5-7-16/h3-9,23H,10-11,13,30H2,1-2H3,(H,31,33). The van der Waals surface area contributed by atoms with Gasteiger partial charge in [0.1, 0.15) is 29.0 Å². The highest BCUT2D eigenvalue weighted by Crippen LogP contribution is 2.49. The first kappa shape index (κ1) is 24.5. The van der Waals surface area contributed by atoms with Crippen LogP contribution in [0.2, 0.25) is 0 Å². The highest BCUT2D eigenvalue weighted by molar-refractivity contribution is 9.10. The molecule has 0 aromatic heterocycles. The Morgan fingerprint density at radius 1 is 1.29 bits per heavy atom. The maximum atomic E-state index is 13.2. The van der Waals surface area contributed by atoms with Gasteiger partial charge in [-0.2, -0.15) is 5.26 Å². The number of benzene rings is 2. The Balaban J connectivity index is 1.67. The molecular formula is C26H23BrFN3O4. The number of carbonyl (C=O) groups excluding carboxylic acids is 2. The first-order chi connectivity index (χ1) is 16.6. The van der Waals surface area contributed by atoms with Crippen LogP contribution < -0.4 is 15.8 Å². The van der Waals surface area contributed by atoms with Gasteiger partial charge in [0.05, 0.1) is 5.92 Å². The minimum Gasteiger partial charge on any atom is -0.483 e. The minimum atomic E-state index is -0.792.